The molecule has 1 aliphatic rings. The Morgan fingerprint density at radius 3 is 3.19 bits per heavy atom. The van der Waals surface area contributed by atoms with Gasteiger partial charge in [-0.15, -0.1) is 0 Å². The van der Waals surface area contributed by atoms with Crippen LogP contribution in [-0.4, -0.2) is 34.0 Å². The smallest absolute Gasteiger partial charge is 0.246 e. The zero-order chi connectivity index (χ0) is 17.8. The van der Waals surface area contributed by atoms with E-state index < -0.39 is 0 Å². The minimum Gasteiger partial charge on any atom is -0.465 e. The molecule has 0 bridgehead atoms. The fourth-order valence-corrected chi connectivity index (χ4v) is 3.80. The zero-order valence-corrected chi connectivity index (χ0v) is 15.0. The first-order chi connectivity index (χ1) is 12.8. The molecule has 134 valence electrons. The number of likely N-dealkylation sites (tertiary alicyclic amines) is 1. The number of carbonyl (C=O) groups excluding carboxylic acids is 1. The molecule has 3 aromatic heterocycles. The van der Waals surface area contributed by atoms with Crippen LogP contribution in [0.15, 0.2) is 50.2 Å². The van der Waals surface area contributed by atoms with Gasteiger partial charge in [-0.1, -0.05) is 5.16 Å². The molecule has 0 saturated carbocycles. The maximum absolute atomic E-state index is 12.4. The summed E-state index contributed by atoms with van der Waals surface area (Å²) in [7, 11) is 0. The van der Waals surface area contributed by atoms with Crippen molar-refractivity contribution in [1.29, 1.82) is 0 Å². The van der Waals surface area contributed by atoms with E-state index in [0.29, 0.717) is 36.4 Å². The van der Waals surface area contributed by atoms with Crippen molar-refractivity contribution in [3.05, 3.63) is 52.9 Å². The maximum Gasteiger partial charge on any atom is 0.246 e. The average Bonchev–Trinajstić information content (AvgIpc) is 3.41. The summed E-state index contributed by atoms with van der Waals surface area (Å²) in [5.74, 6) is 2.29. The van der Waals surface area contributed by atoms with Crippen LogP contribution in [0, 0.1) is 5.92 Å². The van der Waals surface area contributed by atoms with Crippen LogP contribution in [0.3, 0.4) is 0 Å². The highest BCUT2D eigenvalue weighted by atomic mass is 32.1. The third kappa shape index (κ3) is 3.94. The standard InChI is InChI=1S/C19H19N3O3S/c23-18(6-5-16-4-2-9-24-16)22-8-1-3-14(12-22)11-17-20-19(21-25-17)15-7-10-26-13-15/h2,4-7,9-10,13-14H,1,3,8,11-12H2/b6-5+. The van der Waals surface area contributed by atoms with Gasteiger partial charge >= 0.3 is 0 Å². The largest absolute Gasteiger partial charge is 0.465 e. The SMILES string of the molecule is O=C(/C=C/c1ccco1)N1CCCC(Cc2nc(-c3ccsc3)no2)C1. The van der Waals surface area contributed by atoms with Crippen LogP contribution in [0.4, 0.5) is 0 Å². The van der Waals surface area contributed by atoms with Gasteiger partial charge < -0.3 is 13.8 Å². The molecule has 1 unspecified atom stereocenters. The molecule has 0 aliphatic carbocycles. The van der Waals surface area contributed by atoms with E-state index in [-0.39, 0.29) is 5.91 Å². The number of furan rings is 1. The maximum atomic E-state index is 12.4. The molecule has 1 saturated heterocycles. The molecule has 1 fully saturated rings. The molecule has 4 rings (SSSR count). The van der Waals surface area contributed by atoms with Crippen LogP contribution < -0.4 is 0 Å². The number of piperidine rings is 1. The van der Waals surface area contributed by atoms with Crippen LogP contribution in [0.5, 0.6) is 0 Å². The summed E-state index contributed by atoms with van der Waals surface area (Å²) in [6.07, 6.45) is 7.61. The molecular formula is C19H19N3O3S. The fourth-order valence-electron chi connectivity index (χ4n) is 3.17. The lowest BCUT2D eigenvalue weighted by Crippen LogP contribution is -2.39. The Bertz CT molecular complexity index is 868. The van der Waals surface area contributed by atoms with Gasteiger partial charge in [0.25, 0.3) is 0 Å². The van der Waals surface area contributed by atoms with Crippen molar-refractivity contribution >= 4 is 23.3 Å². The van der Waals surface area contributed by atoms with E-state index in [0.717, 1.165) is 24.9 Å². The topological polar surface area (TPSA) is 72.4 Å². The third-order valence-electron chi connectivity index (χ3n) is 4.47. The first kappa shape index (κ1) is 16.8. The number of thiophene rings is 1. The van der Waals surface area contributed by atoms with E-state index in [1.807, 2.05) is 27.8 Å². The monoisotopic (exact) mass is 369 g/mol. The van der Waals surface area contributed by atoms with Crippen molar-refractivity contribution < 1.29 is 13.7 Å². The van der Waals surface area contributed by atoms with Gasteiger partial charge in [-0.25, -0.2) is 0 Å². The summed E-state index contributed by atoms with van der Waals surface area (Å²) in [4.78, 5) is 18.8. The normalized spacial score (nSPS) is 17.8. The Balaban J connectivity index is 1.35. The highest BCUT2D eigenvalue weighted by molar-refractivity contribution is 7.08. The van der Waals surface area contributed by atoms with Gasteiger partial charge in [0.2, 0.25) is 17.6 Å². The predicted octanol–water partition coefficient (Wildman–Crippen LogP) is 3.89. The van der Waals surface area contributed by atoms with Gasteiger partial charge in [-0.2, -0.15) is 16.3 Å². The molecule has 6 nitrogen and oxygen atoms in total. The van der Waals surface area contributed by atoms with E-state index in [1.165, 1.54) is 0 Å². The van der Waals surface area contributed by atoms with Gasteiger partial charge in [-0.05, 0) is 48.4 Å². The molecule has 4 heterocycles. The van der Waals surface area contributed by atoms with Crippen molar-refractivity contribution in [2.24, 2.45) is 5.92 Å². The lowest BCUT2D eigenvalue weighted by atomic mass is 9.94. The molecule has 26 heavy (non-hydrogen) atoms. The molecule has 3 aromatic rings. The summed E-state index contributed by atoms with van der Waals surface area (Å²) in [6, 6.07) is 5.60. The number of aromatic nitrogens is 2. The zero-order valence-electron chi connectivity index (χ0n) is 14.2. The quantitative estimate of drug-likeness (QED) is 0.638. The van der Waals surface area contributed by atoms with Crippen molar-refractivity contribution in [3.63, 3.8) is 0 Å². The van der Waals surface area contributed by atoms with Gasteiger partial charge in [-0.3, -0.25) is 4.79 Å². The first-order valence-corrected chi connectivity index (χ1v) is 9.58. The number of carbonyl (C=O) groups is 1. The van der Waals surface area contributed by atoms with Crippen molar-refractivity contribution in [3.8, 4) is 11.4 Å². The van der Waals surface area contributed by atoms with Crippen LogP contribution in [-0.2, 0) is 11.2 Å². The summed E-state index contributed by atoms with van der Waals surface area (Å²) in [6.45, 7) is 1.49. The molecule has 0 spiro atoms. The summed E-state index contributed by atoms with van der Waals surface area (Å²) in [5.41, 5.74) is 0.980. The molecule has 0 N–H and O–H groups in total. The van der Waals surface area contributed by atoms with Gasteiger partial charge in [0, 0.05) is 36.5 Å². The van der Waals surface area contributed by atoms with Crippen molar-refractivity contribution in [2.45, 2.75) is 19.3 Å². The highest BCUT2D eigenvalue weighted by Gasteiger charge is 2.24. The Kier molecular flexibility index (Phi) is 4.97. The van der Waals surface area contributed by atoms with Crippen LogP contribution >= 0.6 is 11.3 Å². The summed E-state index contributed by atoms with van der Waals surface area (Å²) in [5, 5.41) is 8.05. The lowest BCUT2D eigenvalue weighted by Gasteiger charge is -2.31. The number of amides is 1. The summed E-state index contributed by atoms with van der Waals surface area (Å²) < 4.78 is 10.6. The van der Waals surface area contributed by atoms with Crippen LogP contribution in [0.1, 0.15) is 24.5 Å². The molecule has 1 atom stereocenters. The van der Waals surface area contributed by atoms with E-state index in [2.05, 4.69) is 10.1 Å². The Morgan fingerprint density at radius 1 is 1.42 bits per heavy atom. The minimum absolute atomic E-state index is 0.00981. The number of rotatable bonds is 5. The molecule has 0 radical (unpaired) electrons. The lowest BCUT2D eigenvalue weighted by molar-refractivity contribution is -0.127. The fraction of sp³-hybridized carbons (Fsp3) is 0.316. The second kappa shape index (κ2) is 7.70. The molecule has 1 amide bonds. The van der Waals surface area contributed by atoms with Crippen LogP contribution in [0.2, 0.25) is 0 Å². The van der Waals surface area contributed by atoms with Gasteiger partial charge in [0.15, 0.2) is 0 Å². The van der Waals surface area contributed by atoms with Gasteiger partial charge in [0.05, 0.1) is 6.26 Å². The van der Waals surface area contributed by atoms with E-state index in [4.69, 9.17) is 8.94 Å². The first-order valence-electron chi connectivity index (χ1n) is 8.63. The molecule has 7 heteroatoms. The minimum atomic E-state index is 0.00981. The van der Waals surface area contributed by atoms with E-state index in [9.17, 15) is 4.79 Å². The second-order valence-corrected chi connectivity index (χ2v) is 7.15. The molecule has 0 aromatic carbocycles. The van der Waals surface area contributed by atoms with E-state index in [1.54, 1.807) is 35.8 Å². The Labute approximate surface area is 155 Å². The number of hydrogen-bond donors (Lipinski definition) is 0. The van der Waals surface area contributed by atoms with Crippen molar-refractivity contribution in [2.75, 3.05) is 13.1 Å². The Morgan fingerprint density at radius 2 is 2.38 bits per heavy atom. The third-order valence-corrected chi connectivity index (χ3v) is 5.16. The van der Waals surface area contributed by atoms with Crippen LogP contribution in [0.25, 0.3) is 17.5 Å². The predicted molar refractivity (Wildman–Crippen MR) is 98.4 cm³/mol. The van der Waals surface area contributed by atoms with Crippen molar-refractivity contribution in [1.82, 2.24) is 15.0 Å². The van der Waals surface area contributed by atoms with Gasteiger partial charge in [0.1, 0.15) is 5.76 Å². The average molecular weight is 369 g/mol. The summed E-state index contributed by atoms with van der Waals surface area (Å²) >= 11 is 1.61. The number of nitrogens with zero attached hydrogens (tertiary/aromatic N) is 3. The Hall–Kier alpha value is -2.67. The number of hydrogen-bond acceptors (Lipinski definition) is 6. The highest BCUT2D eigenvalue weighted by Crippen LogP contribution is 2.23. The molecular weight excluding hydrogens is 350 g/mol. The van der Waals surface area contributed by atoms with E-state index >= 15 is 0 Å². The molecule has 1 aliphatic heterocycles. The second-order valence-electron chi connectivity index (χ2n) is 6.37.